The molecule has 6 nitrogen and oxygen atoms in total. The van der Waals surface area contributed by atoms with Gasteiger partial charge in [-0.15, -0.1) is 0 Å². The number of likely N-dealkylation sites (N-methyl/N-ethyl adjacent to an activating group) is 1. The van der Waals surface area contributed by atoms with E-state index in [0.717, 1.165) is 11.3 Å². The summed E-state index contributed by atoms with van der Waals surface area (Å²) in [6.07, 6.45) is -0.849. The number of nitrogens with zero attached hydrogens (tertiary/aromatic N) is 1. The number of morpholine rings is 1. The van der Waals surface area contributed by atoms with Crippen molar-refractivity contribution in [2.24, 2.45) is 0 Å². The van der Waals surface area contributed by atoms with Crippen LogP contribution in [-0.2, 0) is 20.9 Å². The zero-order valence-electron chi connectivity index (χ0n) is 15.1. The first-order valence-corrected chi connectivity index (χ1v) is 8.90. The summed E-state index contributed by atoms with van der Waals surface area (Å²) in [7, 11) is 3.30. The van der Waals surface area contributed by atoms with Gasteiger partial charge in [-0.05, 0) is 29.3 Å². The first kappa shape index (κ1) is 19.2. The molecule has 0 aromatic heterocycles. The van der Waals surface area contributed by atoms with Crippen molar-refractivity contribution in [1.82, 2.24) is 10.2 Å². The Balaban J connectivity index is 1.80. The molecular formula is C20H21ClN2O4. The second-order valence-electron chi connectivity index (χ2n) is 6.34. The van der Waals surface area contributed by atoms with Gasteiger partial charge in [0.05, 0.1) is 13.2 Å². The monoisotopic (exact) mass is 388 g/mol. The largest absolute Gasteiger partial charge is 0.497 e. The molecule has 2 aromatic rings. The Hall–Kier alpha value is -2.57. The van der Waals surface area contributed by atoms with E-state index in [-0.39, 0.29) is 18.4 Å². The van der Waals surface area contributed by atoms with E-state index in [2.05, 4.69) is 5.32 Å². The second kappa shape index (κ2) is 8.41. The van der Waals surface area contributed by atoms with E-state index in [1.807, 2.05) is 30.3 Å². The molecule has 2 atom stereocenters. The van der Waals surface area contributed by atoms with Crippen molar-refractivity contribution in [1.29, 1.82) is 0 Å². The highest BCUT2D eigenvalue weighted by molar-refractivity contribution is 6.31. The molecule has 1 aliphatic rings. The van der Waals surface area contributed by atoms with Crippen molar-refractivity contribution in [3.05, 3.63) is 64.7 Å². The number of benzene rings is 2. The third-order valence-electron chi connectivity index (χ3n) is 4.43. The first-order valence-electron chi connectivity index (χ1n) is 8.53. The van der Waals surface area contributed by atoms with Gasteiger partial charge in [-0.25, -0.2) is 0 Å². The molecule has 1 saturated heterocycles. The summed E-state index contributed by atoms with van der Waals surface area (Å²) < 4.78 is 10.8. The van der Waals surface area contributed by atoms with Crippen LogP contribution in [0.25, 0.3) is 0 Å². The summed E-state index contributed by atoms with van der Waals surface area (Å²) in [4.78, 5) is 26.4. The molecule has 2 amide bonds. The van der Waals surface area contributed by atoms with Gasteiger partial charge in [-0.3, -0.25) is 9.59 Å². The Morgan fingerprint density at radius 3 is 2.81 bits per heavy atom. The third-order valence-corrected chi connectivity index (χ3v) is 4.77. The Bertz CT molecular complexity index is 842. The van der Waals surface area contributed by atoms with Crippen molar-refractivity contribution in [2.45, 2.75) is 18.7 Å². The predicted molar refractivity (Wildman–Crippen MR) is 102 cm³/mol. The highest BCUT2D eigenvalue weighted by atomic mass is 35.5. The van der Waals surface area contributed by atoms with E-state index < -0.39 is 12.1 Å². The van der Waals surface area contributed by atoms with Gasteiger partial charge < -0.3 is 19.7 Å². The van der Waals surface area contributed by atoms with Crippen LogP contribution >= 0.6 is 11.6 Å². The van der Waals surface area contributed by atoms with E-state index in [4.69, 9.17) is 21.1 Å². The zero-order valence-corrected chi connectivity index (χ0v) is 15.9. The number of halogens is 1. The summed E-state index contributed by atoms with van der Waals surface area (Å²) in [6.45, 7) is 0.226. The van der Waals surface area contributed by atoms with Crippen LogP contribution in [0.3, 0.4) is 0 Å². The summed E-state index contributed by atoms with van der Waals surface area (Å²) in [6, 6.07) is 14.0. The quantitative estimate of drug-likeness (QED) is 0.854. The molecule has 0 saturated carbocycles. The molecule has 1 N–H and O–H groups in total. The van der Waals surface area contributed by atoms with Gasteiger partial charge >= 0.3 is 0 Å². The van der Waals surface area contributed by atoms with Crippen LogP contribution in [-0.4, -0.2) is 43.6 Å². The lowest BCUT2D eigenvalue weighted by molar-refractivity contribution is -0.154. The van der Waals surface area contributed by atoms with Gasteiger partial charge in [-0.1, -0.05) is 41.9 Å². The smallest absolute Gasteiger partial charge is 0.254 e. The van der Waals surface area contributed by atoms with Gasteiger partial charge in [0.2, 0.25) is 5.91 Å². The van der Waals surface area contributed by atoms with Gasteiger partial charge in [0, 0.05) is 18.6 Å². The maximum atomic E-state index is 13.0. The molecule has 0 unspecified atom stereocenters. The lowest BCUT2D eigenvalue weighted by atomic mass is 9.98. The molecule has 27 heavy (non-hydrogen) atoms. The fourth-order valence-electron chi connectivity index (χ4n) is 3.07. The van der Waals surface area contributed by atoms with Crippen molar-refractivity contribution in [3.8, 4) is 5.75 Å². The molecule has 0 spiro atoms. The number of amides is 2. The van der Waals surface area contributed by atoms with E-state index in [9.17, 15) is 9.59 Å². The van der Waals surface area contributed by atoms with Crippen molar-refractivity contribution in [2.75, 3.05) is 20.8 Å². The summed E-state index contributed by atoms with van der Waals surface area (Å²) >= 11 is 6.27. The molecule has 1 fully saturated rings. The Morgan fingerprint density at radius 2 is 2.07 bits per heavy atom. The Kier molecular flexibility index (Phi) is 5.98. The number of nitrogens with one attached hydrogen (secondary N) is 1. The number of rotatable bonds is 5. The average Bonchev–Trinajstić information content (AvgIpc) is 2.68. The zero-order chi connectivity index (χ0) is 19.4. The minimum Gasteiger partial charge on any atom is -0.497 e. The minimum atomic E-state index is -0.849. The number of carbonyl (C=O) groups is 2. The number of hydrogen-bond donors (Lipinski definition) is 1. The predicted octanol–water partition coefficient (Wildman–Crippen LogP) is 2.56. The van der Waals surface area contributed by atoms with Crippen LogP contribution in [0.5, 0.6) is 5.75 Å². The maximum absolute atomic E-state index is 13.0. The minimum absolute atomic E-state index is 0.162. The maximum Gasteiger partial charge on any atom is 0.254 e. The first-order chi connectivity index (χ1) is 13.0. The standard InChI is InChI=1S/C20H21ClN2O4/c1-23(11-13-6-5-7-14(10-13)26-2)20(25)19-18(22-17(24)12-27-19)15-8-3-4-9-16(15)21/h3-10,18-19H,11-12H2,1-2H3,(H,22,24)/t18-,19+/m1/s1. The van der Waals surface area contributed by atoms with Crippen LogP contribution in [0.2, 0.25) is 5.02 Å². The molecule has 0 radical (unpaired) electrons. The summed E-state index contributed by atoms with van der Waals surface area (Å²) in [5, 5.41) is 3.30. The van der Waals surface area contributed by atoms with E-state index >= 15 is 0 Å². The van der Waals surface area contributed by atoms with Crippen molar-refractivity contribution >= 4 is 23.4 Å². The number of hydrogen-bond acceptors (Lipinski definition) is 4. The van der Waals surface area contributed by atoms with Gasteiger partial charge in [0.15, 0.2) is 6.10 Å². The van der Waals surface area contributed by atoms with Gasteiger partial charge in [0.1, 0.15) is 12.4 Å². The molecule has 1 aliphatic heterocycles. The third kappa shape index (κ3) is 4.40. The fraction of sp³-hybridized carbons (Fsp3) is 0.300. The molecule has 2 aromatic carbocycles. The lowest BCUT2D eigenvalue weighted by Crippen LogP contribution is -2.52. The molecule has 0 bridgehead atoms. The molecular weight excluding hydrogens is 368 g/mol. The number of methoxy groups -OCH3 is 1. The van der Waals surface area contributed by atoms with Crippen LogP contribution < -0.4 is 10.1 Å². The van der Waals surface area contributed by atoms with E-state index in [1.165, 1.54) is 0 Å². The highest BCUT2D eigenvalue weighted by Crippen LogP contribution is 2.29. The topological polar surface area (TPSA) is 67.9 Å². The van der Waals surface area contributed by atoms with Crippen LogP contribution in [0.4, 0.5) is 0 Å². The Morgan fingerprint density at radius 1 is 1.30 bits per heavy atom. The number of ether oxygens (including phenoxy) is 2. The second-order valence-corrected chi connectivity index (χ2v) is 6.75. The molecule has 3 rings (SSSR count). The van der Waals surface area contributed by atoms with E-state index in [1.54, 1.807) is 37.3 Å². The summed E-state index contributed by atoms with van der Waals surface area (Å²) in [5.74, 6) is 0.214. The fourth-order valence-corrected chi connectivity index (χ4v) is 3.33. The molecule has 0 aliphatic carbocycles. The number of carbonyl (C=O) groups excluding carboxylic acids is 2. The van der Waals surface area contributed by atoms with Crippen LogP contribution in [0, 0.1) is 0 Å². The molecule has 142 valence electrons. The normalized spacial score (nSPS) is 19.3. The van der Waals surface area contributed by atoms with E-state index in [0.29, 0.717) is 17.1 Å². The van der Waals surface area contributed by atoms with Gasteiger partial charge in [0.25, 0.3) is 5.91 Å². The van der Waals surface area contributed by atoms with Crippen LogP contribution in [0.1, 0.15) is 17.2 Å². The van der Waals surface area contributed by atoms with Gasteiger partial charge in [-0.2, -0.15) is 0 Å². The Labute approximate surface area is 163 Å². The average molecular weight is 389 g/mol. The van der Waals surface area contributed by atoms with Crippen LogP contribution in [0.15, 0.2) is 48.5 Å². The molecule has 1 heterocycles. The molecule has 7 heteroatoms. The SMILES string of the molecule is COc1cccc(CN(C)C(=O)[C@H]2OCC(=O)N[C@@H]2c2ccccc2Cl)c1. The lowest BCUT2D eigenvalue weighted by Gasteiger charge is -2.34. The van der Waals surface area contributed by atoms with Crippen molar-refractivity contribution < 1.29 is 19.1 Å². The summed E-state index contributed by atoms with van der Waals surface area (Å²) in [5.41, 5.74) is 1.58. The highest BCUT2D eigenvalue weighted by Gasteiger charge is 2.38. The van der Waals surface area contributed by atoms with Crippen molar-refractivity contribution in [3.63, 3.8) is 0 Å².